The second-order valence-corrected chi connectivity index (χ2v) is 7.73. The van der Waals surface area contributed by atoms with Gasteiger partial charge in [-0.05, 0) is 29.8 Å². The maximum atomic E-state index is 12.6. The number of esters is 1. The predicted molar refractivity (Wildman–Crippen MR) is 123 cm³/mol. The minimum absolute atomic E-state index is 0.108. The number of hydrogen-bond acceptors (Lipinski definition) is 6. The molecule has 0 aliphatic carbocycles. The van der Waals surface area contributed by atoms with Gasteiger partial charge in [-0.2, -0.15) is 0 Å². The molecular weight excluding hydrogens is 422 g/mol. The first kappa shape index (κ1) is 22.2. The molecule has 0 atom stereocenters. The zero-order valence-corrected chi connectivity index (χ0v) is 19.0. The van der Waals surface area contributed by atoms with E-state index in [2.05, 4.69) is 0 Å². The number of methoxy groups -OCH3 is 2. The van der Waals surface area contributed by atoms with Gasteiger partial charge in [0, 0.05) is 36.3 Å². The van der Waals surface area contributed by atoms with Crippen LogP contribution in [0.25, 0.3) is 11.1 Å². The molecule has 1 aliphatic heterocycles. The van der Waals surface area contributed by atoms with Gasteiger partial charge < -0.3 is 23.8 Å². The van der Waals surface area contributed by atoms with E-state index < -0.39 is 0 Å². The van der Waals surface area contributed by atoms with Crippen molar-refractivity contribution in [2.75, 3.05) is 28.3 Å². The summed E-state index contributed by atoms with van der Waals surface area (Å²) in [4.78, 5) is 26.2. The highest BCUT2D eigenvalue weighted by Crippen LogP contribution is 2.46. The molecule has 0 bridgehead atoms. The van der Waals surface area contributed by atoms with E-state index in [0.717, 1.165) is 22.3 Å². The van der Waals surface area contributed by atoms with Gasteiger partial charge in [-0.15, -0.1) is 0 Å². The van der Waals surface area contributed by atoms with E-state index in [1.807, 2.05) is 36.4 Å². The molecule has 0 unspecified atom stereocenters. The third-order valence-electron chi connectivity index (χ3n) is 5.56. The Morgan fingerprint density at radius 2 is 1.67 bits per heavy atom. The Morgan fingerprint density at radius 1 is 0.909 bits per heavy atom. The van der Waals surface area contributed by atoms with Crippen LogP contribution in [0.2, 0.25) is 0 Å². The van der Waals surface area contributed by atoms with Gasteiger partial charge in [-0.25, -0.2) is 4.79 Å². The van der Waals surface area contributed by atoms with Gasteiger partial charge in [0.2, 0.25) is 5.75 Å². The van der Waals surface area contributed by atoms with E-state index in [1.54, 1.807) is 46.5 Å². The van der Waals surface area contributed by atoms with Crippen LogP contribution in [0, 0.1) is 0 Å². The Bertz CT molecular complexity index is 1220. The highest BCUT2D eigenvalue weighted by atomic mass is 16.5. The molecule has 1 amide bonds. The largest absolute Gasteiger partial charge is 0.493 e. The summed E-state index contributed by atoms with van der Waals surface area (Å²) in [5.74, 6) is 0.939. The standard InChI is InChI=1S/C26H25NO6/c1-27(2)25(28)17-9-6-5-8-16(17)14-32-23-19(12-13-22(30-3)24(23)31-4)18-10-7-11-20-21(18)15-33-26(20)29/h5-13H,14-15H2,1-4H3. The first-order valence-electron chi connectivity index (χ1n) is 10.4. The summed E-state index contributed by atoms with van der Waals surface area (Å²) in [6.07, 6.45) is 0. The number of ether oxygens (including phenoxy) is 4. The number of carbonyl (C=O) groups excluding carboxylic acids is 2. The number of amides is 1. The number of fused-ring (bicyclic) bond motifs is 1. The summed E-state index contributed by atoms with van der Waals surface area (Å²) in [5, 5.41) is 0. The lowest BCUT2D eigenvalue weighted by atomic mass is 9.95. The van der Waals surface area contributed by atoms with Gasteiger partial charge >= 0.3 is 5.97 Å². The van der Waals surface area contributed by atoms with Crippen LogP contribution in [0.3, 0.4) is 0 Å². The molecule has 1 aliphatic rings. The van der Waals surface area contributed by atoms with Crippen molar-refractivity contribution in [2.24, 2.45) is 0 Å². The fourth-order valence-corrected chi connectivity index (χ4v) is 3.90. The number of benzene rings is 3. The van der Waals surface area contributed by atoms with Crippen LogP contribution < -0.4 is 14.2 Å². The Kier molecular flexibility index (Phi) is 6.22. The Hall–Kier alpha value is -4.00. The van der Waals surface area contributed by atoms with E-state index in [1.165, 1.54) is 4.90 Å². The fraction of sp³-hybridized carbons (Fsp3) is 0.231. The molecular formula is C26H25NO6. The van der Waals surface area contributed by atoms with Crippen molar-refractivity contribution in [3.8, 4) is 28.4 Å². The summed E-state index contributed by atoms with van der Waals surface area (Å²) in [6, 6.07) is 16.5. The monoisotopic (exact) mass is 447 g/mol. The molecule has 0 N–H and O–H groups in total. The summed E-state index contributed by atoms with van der Waals surface area (Å²) >= 11 is 0. The first-order chi connectivity index (χ1) is 16.0. The topological polar surface area (TPSA) is 74.3 Å². The number of rotatable bonds is 7. The Labute approximate surface area is 192 Å². The number of cyclic esters (lactones) is 1. The van der Waals surface area contributed by atoms with Gasteiger partial charge in [-0.3, -0.25) is 4.79 Å². The maximum Gasteiger partial charge on any atom is 0.338 e. The van der Waals surface area contributed by atoms with Crippen molar-refractivity contribution in [1.29, 1.82) is 0 Å². The first-order valence-corrected chi connectivity index (χ1v) is 10.4. The van der Waals surface area contributed by atoms with Gasteiger partial charge in [0.25, 0.3) is 5.91 Å². The third-order valence-corrected chi connectivity index (χ3v) is 5.56. The number of nitrogens with zero attached hydrogens (tertiary/aromatic N) is 1. The average Bonchev–Trinajstić information content (AvgIpc) is 3.22. The van der Waals surface area contributed by atoms with Crippen LogP contribution in [-0.4, -0.2) is 45.1 Å². The van der Waals surface area contributed by atoms with Crippen LogP contribution >= 0.6 is 0 Å². The molecule has 0 saturated heterocycles. The molecule has 0 fully saturated rings. The van der Waals surface area contributed by atoms with Gasteiger partial charge in [-0.1, -0.05) is 30.3 Å². The van der Waals surface area contributed by atoms with Crippen molar-refractivity contribution < 1.29 is 28.5 Å². The maximum absolute atomic E-state index is 12.6. The minimum atomic E-state index is -0.342. The van der Waals surface area contributed by atoms with Crippen molar-refractivity contribution in [1.82, 2.24) is 4.90 Å². The zero-order chi connectivity index (χ0) is 23.5. The molecule has 7 nitrogen and oxygen atoms in total. The highest BCUT2D eigenvalue weighted by molar-refractivity contribution is 5.97. The molecule has 170 valence electrons. The van der Waals surface area contributed by atoms with Gasteiger partial charge in [0.1, 0.15) is 13.2 Å². The van der Waals surface area contributed by atoms with Crippen molar-refractivity contribution in [2.45, 2.75) is 13.2 Å². The van der Waals surface area contributed by atoms with Crippen LogP contribution in [0.5, 0.6) is 17.2 Å². The van der Waals surface area contributed by atoms with E-state index in [9.17, 15) is 9.59 Å². The molecule has 4 rings (SSSR count). The van der Waals surface area contributed by atoms with E-state index in [-0.39, 0.29) is 25.1 Å². The molecule has 0 saturated carbocycles. The molecule has 3 aromatic rings. The van der Waals surface area contributed by atoms with Crippen LogP contribution in [0.4, 0.5) is 0 Å². The van der Waals surface area contributed by atoms with Crippen molar-refractivity contribution >= 4 is 11.9 Å². The summed E-state index contributed by atoms with van der Waals surface area (Å²) in [5.41, 5.74) is 4.18. The average molecular weight is 447 g/mol. The highest BCUT2D eigenvalue weighted by Gasteiger charge is 2.27. The normalized spacial score (nSPS) is 12.1. The van der Waals surface area contributed by atoms with E-state index in [0.29, 0.717) is 28.4 Å². The lowest BCUT2D eigenvalue weighted by Gasteiger charge is -2.20. The molecule has 0 radical (unpaired) electrons. The summed E-state index contributed by atoms with van der Waals surface area (Å²) in [7, 11) is 6.52. The lowest BCUT2D eigenvalue weighted by molar-refractivity contribution is 0.0535. The van der Waals surface area contributed by atoms with E-state index >= 15 is 0 Å². The van der Waals surface area contributed by atoms with Crippen LogP contribution in [-0.2, 0) is 18.0 Å². The van der Waals surface area contributed by atoms with Crippen LogP contribution in [0.15, 0.2) is 54.6 Å². The summed E-state index contributed by atoms with van der Waals surface area (Å²) in [6.45, 7) is 0.328. The summed E-state index contributed by atoms with van der Waals surface area (Å²) < 4.78 is 22.7. The lowest BCUT2D eigenvalue weighted by Crippen LogP contribution is -2.23. The van der Waals surface area contributed by atoms with Crippen molar-refractivity contribution in [3.63, 3.8) is 0 Å². The molecule has 0 aromatic heterocycles. The quantitative estimate of drug-likeness (QED) is 0.502. The van der Waals surface area contributed by atoms with Gasteiger partial charge in [0.15, 0.2) is 11.5 Å². The van der Waals surface area contributed by atoms with Crippen molar-refractivity contribution in [3.05, 3.63) is 76.9 Å². The SMILES string of the molecule is COc1ccc(-c2cccc3c2COC3=O)c(OCc2ccccc2C(=O)N(C)C)c1OC. The fourth-order valence-electron chi connectivity index (χ4n) is 3.90. The smallest absolute Gasteiger partial charge is 0.338 e. The molecule has 0 spiro atoms. The van der Waals surface area contributed by atoms with E-state index in [4.69, 9.17) is 18.9 Å². The molecule has 33 heavy (non-hydrogen) atoms. The molecule has 3 aromatic carbocycles. The number of carbonyl (C=O) groups is 2. The van der Waals surface area contributed by atoms with Gasteiger partial charge in [0.05, 0.1) is 19.8 Å². The number of hydrogen-bond donors (Lipinski definition) is 0. The Morgan fingerprint density at radius 3 is 2.39 bits per heavy atom. The molecule has 7 heteroatoms. The second-order valence-electron chi connectivity index (χ2n) is 7.73. The minimum Gasteiger partial charge on any atom is -0.493 e. The zero-order valence-electron chi connectivity index (χ0n) is 19.0. The predicted octanol–water partition coefficient (Wildman–Crippen LogP) is 4.32. The third kappa shape index (κ3) is 4.09. The van der Waals surface area contributed by atoms with Crippen LogP contribution in [0.1, 0.15) is 31.8 Å². The molecule has 1 heterocycles. The Balaban J connectivity index is 1.80. The second kappa shape index (κ2) is 9.24.